The lowest BCUT2D eigenvalue weighted by atomic mass is 10.4. The van der Waals surface area contributed by atoms with E-state index < -0.39 is 17.2 Å². The molecule has 0 saturated heterocycles. The van der Waals surface area contributed by atoms with Crippen LogP contribution in [-0.2, 0) is 30.2 Å². The third-order valence-corrected chi connectivity index (χ3v) is 4.80. The molecule has 27 heavy (non-hydrogen) atoms. The molecule has 0 fully saturated rings. The van der Waals surface area contributed by atoms with Crippen molar-refractivity contribution in [1.29, 1.82) is 0 Å². The summed E-state index contributed by atoms with van der Waals surface area (Å²) in [5, 5.41) is -0.0832. The van der Waals surface area contributed by atoms with Crippen LogP contribution in [0.5, 0.6) is 0 Å². The monoisotopic (exact) mass is 398 g/mol. The van der Waals surface area contributed by atoms with Gasteiger partial charge in [-0.15, -0.1) is 0 Å². The van der Waals surface area contributed by atoms with E-state index in [4.69, 9.17) is 11.6 Å². The van der Waals surface area contributed by atoms with E-state index >= 15 is 0 Å². The Balaban J connectivity index is 2.35. The summed E-state index contributed by atoms with van der Waals surface area (Å²) in [5.74, 6) is -0.580. The predicted molar refractivity (Wildman–Crippen MR) is 101 cm³/mol. The summed E-state index contributed by atoms with van der Waals surface area (Å²) in [5.41, 5.74) is -0.978. The van der Waals surface area contributed by atoms with Gasteiger partial charge in [-0.3, -0.25) is 28.1 Å². The van der Waals surface area contributed by atoms with Crippen molar-refractivity contribution in [1.82, 2.24) is 28.5 Å². The quantitative estimate of drug-likeness (QED) is 0.605. The molecule has 0 unspecified atom stereocenters. The second-order valence-electron chi connectivity index (χ2n) is 6.16. The minimum absolute atomic E-state index is 0.0569. The van der Waals surface area contributed by atoms with Gasteiger partial charge in [0, 0.05) is 34.2 Å². The van der Waals surface area contributed by atoms with Gasteiger partial charge < -0.3 is 9.80 Å². The number of aromatic nitrogens is 4. The van der Waals surface area contributed by atoms with Crippen LogP contribution < -0.4 is 11.2 Å². The first-order valence-corrected chi connectivity index (χ1v) is 8.85. The van der Waals surface area contributed by atoms with Crippen molar-refractivity contribution in [2.45, 2.75) is 20.4 Å². The molecule has 0 aliphatic heterocycles. The fraction of sp³-hybridized carbons (Fsp3) is 0.562. The first-order chi connectivity index (χ1) is 12.6. The third kappa shape index (κ3) is 3.75. The second kappa shape index (κ2) is 7.95. The Morgan fingerprint density at radius 3 is 2.22 bits per heavy atom. The first kappa shape index (κ1) is 20.7. The van der Waals surface area contributed by atoms with E-state index in [2.05, 4.69) is 4.98 Å². The van der Waals surface area contributed by atoms with Gasteiger partial charge in [0.15, 0.2) is 11.2 Å². The number of hydrogen-bond donors (Lipinski definition) is 0. The van der Waals surface area contributed by atoms with Gasteiger partial charge in [0.2, 0.25) is 17.1 Å². The summed E-state index contributed by atoms with van der Waals surface area (Å²) < 4.78 is 3.37. The number of likely N-dealkylation sites (N-methyl/N-ethyl adjacent to an activating group) is 2. The van der Waals surface area contributed by atoms with Crippen molar-refractivity contribution >= 4 is 34.6 Å². The highest BCUT2D eigenvalue weighted by molar-refractivity contribution is 6.29. The van der Waals surface area contributed by atoms with Gasteiger partial charge in [-0.2, -0.15) is 4.98 Å². The van der Waals surface area contributed by atoms with Crippen molar-refractivity contribution in [2.75, 3.05) is 26.7 Å². The second-order valence-corrected chi connectivity index (χ2v) is 6.50. The molecule has 11 heteroatoms. The van der Waals surface area contributed by atoms with Crippen molar-refractivity contribution < 1.29 is 9.59 Å². The maximum atomic E-state index is 12.6. The largest absolute Gasteiger partial charge is 0.342 e. The average molecular weight is 399 g/mol. The van der Waals surface area contributed by atoms with E-state index in [1.54, 1.807) is 4.90 Å². The molecule has 0 atom stereocenters. The molecule has 2 aromatic heterocycles. The Kier molecular flexibility index (Phi) is 6.09. The van der Waals surface area contributed by atoms with Crippen LogP contribution in [0.15, 0.2) is 9.59 Å². The van der Waals surface area contributed by atoms with Gasteiger partial charge in [-0.05, 0) is 25.4 Å². The van der Waals surface area contributed by atoms with Gasteiger partial charge in [0.25, 0.3) is 5.56 Å². The molecule has 2 amide bonds. The number of carbonyl (C=O) groups excluding carboxylic acids is 2. The summed E-state index contributed by atoms with van der Waals surface area (Å²) in [6.45, 7) is 4.48. The summed E-state index contributed by atoms with van der Waals surface area (Å²) in [6.07, 6.45) is 0. The number of aryl methyl sites for hydroxylation is 1. The molecule has 2 aromatic rings. The van der Waals surface area contributed by atoms with Gasteiger partial charge in [-0.25, -0.2) is 4.79 Å². The number of fused-ring (bicyclic) bond motifs is 1. The molecule has 10 nitrogen and oxygen atoms in total. The molecule has 148 valence electrons. The van der Waals surface area contributed by atoms with Crippen molar-refractivity contribution in [3.8, 4) is 0 Å². The molecule has 0 spiro atoms. The van der Waals surface area contributed by atoms with Gasteiger partial charge in [-0.1, -0.05) is 0 Å². The average Bonchev–Trinajstić information content (AvgIpc) is 2.95. The van der Waals surface area contributed by atoms with Crippen molar-refractivity contribution in [3.05, 3.63) is 26.1 Å². The Bertz CT molecular complexity index is 1000. The molecular formula is C16H23ClN6O4. The van der Waals surface area contributed by atoms with Crippen LogP contribution in [-0.4, -0.2) is 67.0 Å². The Labute approximate surface area is 160 Å². The number of imidazole rings is 1. The molecule has 0 aliphatic carbocycles. The topological polar surface area (TPSA) is 102 Å². The number of amides is 2. The van der Waals surface area contributed by atoms with Crippen molar-refractivity contribution in [2.24, 2.45) is 14.1 Å². The fourth-order valence-electron chi connectivity index (χ4n) is 2.79. The molecule has 0 N–H and O–H groups in total. The van der Waals surface area contributed by atoms with E-state index in [0.717, 1.165) is 4.57 Å². The Morgan fingerprint density at radius 1 is 1.07 bits per heavy atom. The first-order valence-electron chi connectivity index (χ1n) is 8.47. The Hall–Kier alpha value is -2.62. The fourth-order valence-corrected chi connectivity index (χ4v) is 3.01. The van der Waals surface area contributed by atoms with Crippen LogP contribution in [0.3, 0.4) is 0 Å². The van der Waals surface area contributed by atoms with Crippen LogP contribution in [0.1, 0.15) is 13.8 Å². The number of carbonyl (C=O) groups is 2. The van der Waals surface area contributed by atoms with Crippen molar-refractivity contribution in [3.63, 3.8) is 0 Å². The zero-order chi connectivity index (χ0) is 20.5. The highest BCUT2D eigenvalue weighted by Gasteiger charge is 2.22. The number of nitrogens with zero attached hydrogens (tertiary/aromatic N) is 6. The van der Waals surface area contributed by atoms with Crippen LogP contribution >= 0.6 is 11.6 Å². The molecule has 0 aliphatic rings. The maximum Gasteiger partial charge on any atom is 0.332 e. The van der Waals surface area contributed by atoms with E-state index in [-0.39, 0.29) is 35.4 Å². The molecule has 2 rings (SSSR count). The number of hydrogen-bond acceptors (Lipinski definition) is 5. The smallest absolute Gasteiger partial charge is 0.332 e. The maximum absolute atomic E-state index is 12.6. The predicted octanol–water partition coefficient (Wildman–Crippen LogP) is -0.586. The summed E-state index contributed by atoms with van der Waals surface area (Å²) in [7, 11) is 4.31. The van der Waals surface area contributed by atoms with Crippen LogP contribution in [0.25, 0.3) is 11.2 Å². The highest BCUT2D eigenvalue weighted by Crippen LogP contribution is 2.15. The summed E-state index contributed by atoms with van der Waals surface area (Å²) >= 11 is 6.11. The number of rotatable bonds is 6. The normalized spacial score (nSPS) is 11.0. The number of halogens is 1. The van der Waals surface area contributed by atoms with Gasteiger partial charge >= 0.3 is 5.69 Å². The van der Waals surface area contributed by atoms with Crippen LogP contribution in [0.2, 0.25) is 5.28 Å². The summed E-state index contributed by atoms with van der Waals surface area (Å²) in [4.78, 5) is 56.2. The lowest BCUT2D eigenvalue weighted by Crippen LogP contribution is -2.42. The zero-order valence-electron chi connectivity index (χ0n) is 16.0. The minimum atomic E-state index is -0.595. The van der Waals surface area contributed by atoms with E-state index in [1.807, 2.05) is 13.8 Å². The lowest BCUT2D eigenvalue weighted by Gasteiger charge is -2.23. The Morgan fingerprint density at radius 2 is 1.67 bits per heavy atom. The molecule has 0 radical (unpaired) electrons. The zero-order valence-corrected chi connectivity index (χ0v) is 16.8. The third-order valence-electron chi connectivity index (χ3n) is 4.51. The van der Waals surface area contributed by atoms with Crippen LogP contribution in [0, 0.1) is 0 Å². The lowest BCUT2D eigenvalue weighted by molar-refractivity contribution is -0.139. The van der Waals surface area contributed by atoms with E-state index in [9.17, 15) is 19.2 Å². The van der Waals surface area contributed by atoms with E-state index in [1.165, 1.54) is 35.2 Å². The minimum Gasteiger partial charge on any atom is -0.342 e. The SMILES string of the molecule is CCN(CC)C(=O)CN(C)C(=O)Cn1c(Cl)nc2c1c(=O)n(C)c(=O)n2C. The molecule has 2 heterocycles. The molecule has 0 bridgehead atoms. The molecule has 0 aromatic carbocycles. The van der Waals surface area contributed by atoms with Gasteiger partial charge in [0.05, 0.1) is 6.54 Å². The van der Waals surface area contributed by atoms with Crippen LogP contribution in [0.4, 0.5) is 0 Å². The van der Waals surface area contributed by atoms with E-state index in [0.29, 0.717) is 13.1 Å². The molecule has 0 saturated carbocycles. The summed E-state index contributed by atoms with van der Waals surface area (Å²) in [6, 6.07) is 0. The molecular weight excluding hydrogens is 376 g/mol. The standard InChI is InChI=1S/C16H23ClN6O4/c1-6-22(7-2)11(25)8-19(3)10(24)9-23-12-13(18-15(23)17)20(4)16(27)21(5)14(12)26/h6-9H2,1-5H3. The van der Waals surface area contributed by atoms with Gasteiger partial charge in [0.1, 0.15) is 6.54 Å². The highest BCUT2D eigenvalue weighted by atomic mass is 35.5.